The highest BCUT2D eigenvalue weighted by molar-refractivity contribution is 7.92. The number of aromatic nitrogens is 3. The molecule has 3 rings (SSSR count). The molecule has 0 bridgehead atoms. The Morgan fingerprint density at radius 3 is 2.87 bits per heavy atom. The predicted octanol–water partition coefficient (Wildman–Crippen LogP) is 0.917. The van der Waals surface area contributed by atoms with Gasteiger partial charge in [0.05, 0.1) is 29.1 Å². The number of hydrogen-bond donors (Lipinski definition) is 0. The molecule has 2 heterocycles. The lowest BCUT2D eigenvalue weighted by atomic mass is 10.1. The van der Waals surface area contributed by atoms with E-state index in [9.17, 15) is 13.2 Å². The van der Waals surface area contributed by atoms with Gasteiger partial charge in [-0.05, 0) is 31.5 Å². The van der Waals surface area contributed by atoms with Gasteiger partial charge in [-0.15, -0.1) is 5.10 Å². The maximum absolute atomic E-state index is 12.7. The molecule has 0 aliphatic carbocycles. The predicted molar refractivity (Wildman–Crippen MR) is 85.1 cm³/mol. The molecule has 1 atom stereocenters. The van der Waals surface area contributed by atoms with Crippen LogP contribution >= 0.6 is 0 Å². The SMILES string of the molecule is CC1CCN(C(=O)c2cccc(-n3ccnn3)c2)CCS1(=O)=O. The first-order chi connectivity index (χ1) is 11.0. The van der Waals surface area contributed by atoms with Crippen LogP contribution in [0.15, 0.2) is 36.7 Å². The minimum atomic E-state index is -3.11. The molecule has 1 aromatic carbocycles. The standard InChI is InChI=1S/C15H18N4O3S/c1-12-5-7-18(9-10-23(12,21)22)15(20)13-3-2-4-14(11-13)19-8-6-16-17-19/h2-4,6,8,11-12H,5,7,9-10H2,1H3. The lowest BCUT2D eigenvalue weighted by Crippen LogP contribution is -2.33. The summed E-state index contributed by atoms with van der Waals surface area (Å²) in [6.45, 7) is 2.39. The van der Waals surface area contributed by atoms with E-state index in [0.717, 1.165) is 5.69 Å². The minimum absolute atomic E-state index is 0.0165. The number of carbonyl (C=O) groups excluding carboxylic acids is 1. The molecule has 1 saturated heterocycles. The Balaban J connectivity index is 1.82. The second-order valence-electron chi connectivity index (χ2n) is 5.66. The number of benzene rings is 1. The highest BCUT2D eigenvalue weighted by Crippen LogP contribution is 2.17. The lowest BCUT2D eigenvalue weighted by molar-refractivity contribution is 0.0767. The summed E-state index contributed by atoms with van der Waals surface area (Å²) in [5, 5.41) is 7.26. The molecule has 0 N–H and O–H groups in total. The van der Waals surface area contributed by atoms with Gasteiger partial charge < -0.3 is 4.90 Å². The summed E-state index contributed by atoms with van der Waals surface area (Å²) < 4.78 is 25.5. The van der Waals surface area contributed by atoms with Crippen molar-refractivity contribution in [3.63, 3.8) is 0 Å². The quantitative estimate of drug-likeness (QED) is 0.815. The van der Waals surface area contributed by atoms with Crippen LogP contribution in [-0.4, -0.2) is 58.3 Å². The molecule has 1 aliphatic rings. The van der Waals surface area contributed by atoms with Crippen LogP contribution in [0, 0.1) is 0 Å². The molecule has 122 valence electrons. The summed E-state index contributed by atoms with van der Waals surface area (Å²) in [6.07, 6.45) is 3.73. The molecule has 1 fully saturated rings. The third kappa shape index (κ3) is 3.26. The van der Waals surface area contributed by atoms with Crippen LogP contribution in [0.2, 0.25) is 0 Å². The summed E-state index contributed by atoms with van der Waals surface area (Å²) in [5.74, 6) is -0.140. The smallest absolute Gasteiger partial charge is 0.253 e. The average molecular weight is 334 g/mol. The largest absolute Gasteiger partial charge is 0.338 e. The van der Waals surface area contributed by atoms with Gasteiger partial charge in [-0.2, -0.15) is 0 Å². The van der Waals surface area contributed by atoms with Crippen molar-refractivity contribution in [1.82, 2.24) is 19.9 Å². The molecule has 1 aliphatic heterocycles. The molecular formula is C15H18N4O3S. The van der Waals surface area contributed by atoms with E-state index < -0.39 is 15.1 Å². The Morgan fingerprint density at radius 2 is 2.13 bits per heavy atom. The van der Waals surface area contributed by atoms with Gasteiger partial charge in [-0.25, -0.2) is 13.1 Å². The number of carbonyl (C=O) groups is 1. The van der Waals surface area contributed by atoms with Crippen LogP contribution in [0.5, 0.6) is 0 Å². The van der Waals surface area contributed by atoms with E-state index in [0.29, 0.717) is 18.5 Å². The van der Waals surface area contributed by atoms with Gasteiger partial charge in [-0.3, -0.25) is 4.79 Å². The summed E-state index contributed by atoms with van der Waals surface area (Å²) in [7, 11) is -3.11. The Morgan fingerprint density at radius 1 is 1.30 bits per heavy atom. The fourth-order valence-corrected chi connectivity index (χ4v) is 3.92. The summed E-state index contributed by atoms with van der Waals surface area (Å²) >= 11 is 0. The van der Waals surface area contributed by atoms with Crippen molar-refractivity contribution < 1.29 is 13.2 Å². The van der Waals surface area contributed by atoms with E-state index in [2.05, 4.69) is 10.3 Å². The highest BCUT2D eigenvalue weighted by Gasteiger charge is 2.28. The van der Waals surface area contributed by atoms with Gasteiger partial charge in [0.2, 0.25) is 0 Å². The van der Waals surface area contributed by atoms with Crippen LogP contribution in [0.4, 0.5) is 0 Å². The second-order valence-corrected chi connectivity index (χ2v) is 8.20. The van der Waals surface area contributed by atoms with Gasteiger partial charge in [-0.1, -0.05) is 11.3 Å². The zero-order valence-corrected chi connectivity index (χ0v) is 13.6. The third-order valence-electron chi connectivity index (χ3n) is 4.13. The third-order valence-corrected chi connectivity index (χ3v) is 6.35. The minimum Gasteiger partial charge on any atom is -0.338 e. The van der Waals surface area contributed by atoms with Crippen molar-refractivity contribution in [1.29, 1.82) is 0 Å². The normalized spacial score (nSPS) is 20.9. The molecule has 0 spiro atoms. The van der Waals surface area contributed by atoms with Gasteiger partial charge in [0, 0.05) is 18.7 Å². The zero-order valence-electron chi connectivity index (χ0n) is 12.8. The van der Waals surface area contributed by atoms with Crippen LogP contribution in [0.25, 0.3) is 5.69 Å². The number of sulfone groups is 1. The molecule has 7 nitrogen and oxygen atoms in total. The van der Waals surface area contributed by atoms with E-state index >= 15 is 0 Å². The maximum atomic E-state index is 12.7. The Bertz CT molecular complexity index is 802. The Hall–Kier alpha value is -2.22. The van der Waals surface area contributed by atoms with Gasteiger partial charge in [0.15, 0.2) is 9.84 Å². The van der Waals surface area contributed by atoms with Crippen molar-refractivity contribution in [2.45, 2.75) is 18.6 Å². The van der Waals surface area contributed by atoms with Crippen molar-refractivity contribution in [3.8, 4) is 5.69 Å². The summed E-state index contributed by atoms with van der Waals surface area (Å²) in [4.78, 5) is 14.3. The van der Waals surface area contributed by atoms with E-state index in [1.54, 1.807) is 47.1 Å². The Labute approximate surface area is 134 Å². The number of hydrogen-bond acceptors (Lipinski definition) is 5. The van der Waals surface area contributed by atoms with Crippen molar-refractivity contribution in [2.24, 2.45) is 0 Å². The number of rotatable bonds is 2. The first-order valence-corrected chi connectivity index (χ1v) is 9.16. The fourth-order valence-electron chi connectivity index (χ4n) is 2.58. The number of nitrogens with zero attached hydrogens (tertiary/aromatic N) is 4. The van der Waals surface area contributed by atoms with Crippen molar-refractivity contribution >= 4 is 15.7 Å². The van der Waals surface area contributed by atoms with Crippen LogP contribution in [-0.2, 0) is 9.84 Å². The monoisotopic (exact) mass is 334 g/mol. The van der Waals surface area contributed by atoms with E-state index in [1.165, 1.54) is 0 Å². The highest BCUT2D eigenvalue weighted by atomic mass is 32.2. The first kappa shape index (κ1) is 15.7. The van der Waals surface area contributed by atoms with Crippen LogP contribution in [0.1, 0.15) is 23.7 Å². The maximum Gasteiger partial charge on any atom is 0.253 e. The lowest BCUT2D eigenvalue weighted by Gasteiger charge is -2.20. The van der Waals surface area contributed by atoms with Gasteiger partial charge in [0.25, 0.3) is 5.91 Å². The van der Waals surface area contributed by atoms with Crippen LogP contribution in [0.3, 0.4) is 0 Å². The number of amides is 1. The van der Waals surface area contributed by atoms with Gasteiger partial charge >= 0.3 is 0 Å². The fraction of sp³-hybridized carbons (Fsp3) is 0.400. The molecule has 1 unspecified atom stereocenters. The van der Waals surface area contributed by atoms with E-state index in [4.69, 9.17) is 0 Å². The molecule has 2 aromatic rings. The first-order valence-electron chi connectivity index (χ1n) is 7.45. The molecule has 1 amide bonds. The Kier molecular flexibility index (Phi) is 4.16. The second kappa shape index (κ2) is 6.11. The zero-order chi connectivity index (χ0) is 16.4. The average Bonchev–Trinajstić information content (AvgIpc) is 3.04. The van der Waals surface area contributed by atoms with Crippen LogP contribution < -0.4 is 0 Å². The summed E-state index contributed by atoms with van der Waals surface area (Å²) in [6, 6.07) is 7.08. The van der Waals surface area contributed by atoms with E-state index in [1.807, 2.05) is 6.07 Å². The van der Waals surface area contributed by atoms with Crippen molar-refractivity contribution in [3.05, 3.63) is 42.2 Å². The molecule has 8 heteroatoms. The summed E-state index contributed by atoms with van der Waals surface area (Å²) in [5.41, 5.74) is 1.26. The molecular weight excluding hydrogens is 316 g/mol. The molecule has 0 saturated carbocycles. The van der Waals surface area contributed by atoms with Gasteiger partial charge in [0.1, 0.15) is 0 Å². The van der Waals surface area contributed by atoms with Crippen molar-refractivity contribution in [2.75, 3.05) is 18.8 Å². The molecule has 1 aromatic heterocycles. The molecule has 23 heavy (non-hydrogen) atoms. The topological polar surface area (TPSA) is 85.2 Å². The molecule has 0 radical (unpaired) electrons. The van der Waals surface area contributed by atoms with E-state index in [-0.39, 0.29) is 18.2 Å².